The van der Waals surface area contributed by atoms with E-state index in [9.17, 15) is 4.79 Å². The highest BCUT2D eigenvalue weighted by molar-refractivity contribution is 5.94. The summed E-state index contributed by atoms with van der Waals surface area (Å²) in [5.41, 5.74) is 3.09. The summed E-state index contributed by atoms with van der Waals surface area (Å²) >= 11 is 0. The van der Waals surface area contributed by atoms with Crippen molar-refractivity contribution >= 4 is 11.7 Å². The molecule has 1 aromatic rings. The highest BCUT2D eigenvalue weighted by Gasteiger charge is 2.19. The maximum atomic E-state index is 12.3. The van der Waals surface area contributed by atoms with Gasteiger partial charge in [0.25, 0.3) is 5.91 Å². The first kappa shape index (κ1) is 13.8. The molecule has 5 heteroatoms. The van der Waals surface area contributed by atoms with Crippen molar-refractivity contribution in [1.29, 1.82) is 0 Å². The van der Waals surface area contributed by atoms with Gasteiger partial charge in [-0.2, -0.15) is 0 Å². The number of anilines is 1. The lowest BCUT2D eigenvalue weighted by Crippen LogP contribution is -2.32. The molecular weight excluding hydrogens is 240 g/mol. The molecule has 2 rings (SSSR count). The molecule has 1 aromatic heterocycles. The Morgan fingerprint density at radius 1 is 1.47 bits per heavy atom. The van der Waals surface area contributed by atoms with Crippen molar-refractivity contribution in [2.75, 3.05) is 19.0 Å². The molecule has 0 aliphatic heterocycles. The molecule has 104 valence electrons. The van der Waals surface area contributed by atoms with Gasteiger partial charge in [0.15, 0.2) is 0 Å². The third kappa shape index (κ3) is 3.67. The Labute approximate surface area is 114 Å². The first-order valence-electron chi connectivity index (χ1n) is 6.89. The Hall–Kier alpha value is -1.62. The van der Waals surface area contributed by atoms with Gasteiger partial charge in [0.05, 0.1) is 0 Å². The van der Waals surface area contributed by atoms with Crippen LogP contribution in [0.1, 0.15) is 42.5 Å². The highest BCUT2D eigenvalue weighted by atomic mass is 16.2. The zero-order chi connectivity index (χ0) is 13.7. The largest absolute Gasteiger partial charge is 0.341 e. The maximum Gasteiger partial charge on any atom is 0.253 e. The molecule has 1 heterocycles. The summed E-state index contributed by atoms with van der Waals surface area (Å²) in [6.07, 6.45) is 8.00. The SMILES string of the molecule is CN(CC1CCCCC1)C(=O)c1ccnc(NN)c1. The van der Waals surface area contributed by atoms with Crippen LogP contribution in [0.5, 0.6) is 0 Å². The number of nitrogen functional groups attached to an aromatic ring is 1. The smallest absolute Gasteiger partial charge is 0.253 e. The molecule has 5 nitrogen and oxygen atoms in total. The van der Waals surface area contributed by atoms with E-state index in [4.69, 9.17) is 5.84 Å². The number of hydrogen-bond acceptors (Lipinski definition) is 4. The lowest BCUT2D eigenvalue weighted by Gasteiger charge is -2.27. The van der Waals surface area contributed by atoms with Crippen LogP contribution < -0.4 is 11.3 Å². The second-order valence-corrected chi connectivity index (χ2v) is 5.26. The molecule has 0 radical (unpaired) electrons. The predicted molar refractivity (Wildman–Crippen MR) is 75.6 cm³/mol. The molecule has 1 aliphatic rings. The molecule has 0 unspecified atom stereocenters. The minimum atomic E-state index is 0.0319. The number of nitrogens with two attached hydrogens (primary N) is 1. The van der Waals surface area contributed by atoms with E-state index < -0.39 is 0 Å². The van der Waals surface area contributed by atoms with Crippen LogP contribution in [0.4, 0.5) is 5.82 Å². The fraction of sp³-hybridized carbons (Fsp3) is 0.571. The molecule has 0 atom stereocenters. The van der Waals surface area contributed by atoms with Crippen LogP contribution in [-0.4, -0.2) is 29.4 Å². The van der Waals surface area contributed by atoms with Crippen LogP contribution in [0, 0.1) is 5.92 Å². The number of amides is 1. The van der Waals surface area contributed by atoms with Crippen molar-refractivity contribution in [3.63, 3.8) is 0 Å². The van der Waals surface area contributed by atoms with Crippen molar-refractivity contribution in [2.24, 2.45) is 11.8 Å². The van der Waals surface area contributed by atoms with Gasteiger partial charge in [0, 0.05) is 25.4 Å². The van der Waals surface area contributed by atoms with Crippen molar-refractivity contribution in [3.05, 3.63) is 23.9 Å². The maximum absolute atomic E-state index is 12.3. The quantitative estimate of drug-likeness (QED) is 0.643. The molecule has 0 bridgehead atoms. The van der Waals surface area contributed by atoms with Crippen molar-refractivity contribution < 1.29 is 4.79 Å². The zero-order valence-electron chi connectivity index (χ0n) is 11.4. The molecule has 1 amide bonds. The van der Waals surface area contributed by atoms with Crippen molar-refractivity contribution in [2.45, 2.75) is 32.1 Å². The van der Waals surface area contributed by atoms with Gasteiger partial charge < -0.3 is 10.3 Å². The average Bonchev–Trinajstić information content (AvgIpc) is 2.47. The molecule has 1 saturated carbocycles. The monoisotopic (exact) mass is 262 g/mol. The van der Waals surface area contributed by atoms with Crippen LogP contribution in [0.15, 0.2) is 18.3 Å². The highest BCUT2D eigenvalue weighted by Crippen LogP contribution is 2.24. The molecule has 1 fully saturated rings. The lowest BCUT2D eigenvalue weighted by molar-refractivity contribution is 0.0760. The number of carbonyl (C=O) groups excluding carboxylic acids is 1. The standard InChI is InChI=1S/C14H22N4O/c1-18(10-11-5-3-2-4-6-11)14(19)12-7-8-16-13(9-12)17-15/h7-9,11H,2-6,10,15H2,1H3,(H,16,17). The Morgan fingerprint density at radius 2 is 2.21 bits per heavy atom. The molecule has 1 aliphatic carbocycles. The minimum absolute atomic E-state index is 0.0319. The van der Waals surface area contributed by atoms with E-state index in [0.717, 1.165) is 6.54 Å². The third-order valence-corrected chi connectivity index (χ3v) is 3.76. The Bertz CT molecular complexity index is 429. The molecule has 0 spiro atoms. The van der Waals surface area contributed by atoms with Crippen LogP contribution in [0.3, 0.4) is 0 Å². The third-order valence-electron chi connectivity index (χ3n) is 3.76. The Balaban J connectivity index is 1.97. The zero-order valence-corrected chi connectivity index (χ0v) is 11.4. The van der Waals surface area contributed by atoms with Gasteiger partial charge in [0.1, 0.15) is 5.82 Å². The van der Waals surface area contributed by atoms with Gasteiger partial charge in [-0.3, -0.25) is 4.79 Å². The molecule has 0 saturated heterocycles. The fourth-order valence-corrected chi connectivity index (χ4v) is 2.70. The Kier molecular flexibility index (Phi) is 4.74. The van der Waals surface area contributed by atoms with E-state index in [2.05, 4.69) is 10.4 Å². The van der Waals surface area contributed by atoms with Crippen molar-refractivity contribution in [1.82, 2.24) is 9.88 Å². The number of carbonyl (C=O) groups is 1. The van der Waals surface area contributed by atoms with E-state index in [-0.39, 0.29) is 5.91 Å². The summed E-state index contributed by atoms with van der Waals surface area (Å²) in [5.74, 6) is 6.50. The van der Waals surface area contributed by atoms with E-state index in [1.54, 1.807) is 18.3 Å². The lowest BCUT2D eigenvalue weighted by atomic mass is 9.89. The van der Waals surface area contributed by atoms with Crippen LogP contribution in [0.2, 0.25) is 0 Å². The average molecular weight is 262 g/mol. The second kappa shape index (κ2) is 6.52. The van der Waals surface area contributed by atoms with E-state index >= 15 is 0 Å². The number of nitrogens with zero attached hydrogens (tertiary/aromatic N) is 2. The predicted octanol–water partition coefficient (Wildman–Crippen LogP) is 2.02. The van der Waals surface area contributed by atoms with Gasteiger partial charge in [-0.15, -0.1) is 0 Å². The van der Waals surface area contributed by atoms with Gasteiger partial charge in [-0.25, -0.2) is 10.8 Å². The summed E-state index contributed by atoms with van der Waals surface area (Å²) in [4.78, 5) is 18.1. The molecular formula is C14H22N4O. The number of nitrogens with one attached hydrogen (secondary N) is 1. The summed E-state index contributed by atoms with van der Waals surface area (Å²) in [7, 11) is 1.87. The molecule has 19 heavy (non-hydrogen) atoms. The van der Waals surface area contributed by atoms with Crippen molar-refractivity contribution in [3.8, 4) is 0 Å². The van der Waals surface area contributed by atoms with Gasteiger partial charge in [-0.1, -0.05) is 19.3 Å². The summed E-state index contributed by atoms with van der Waals surface area (Å²) in [6.45, 7) is 0.840. The summed E-state index contributed by atoms with van der Waals surface area (Å²) in [5, 5.41) is 0. The van der Waals surface area contributed by atoms with Gasteiger partial charge >= 0.3 is 0 Å². The van der Waals surface area contributed by atoms with Crippen LogP contribution >= 0.6 is 0 Å². The molecule has 0 aromatic carbocycles. The topological polar surface area (TPSA) is 71.2 Å². The Morgan fingerprint density at radius 3 is 2.89 bits per heavy atom. The number of hydrogen-bond donors (Lipinski definition) is 2. The fourth-order valence-electron chi connectivity index (χ4n) is 2.70. The van der Waals surface area contributed by atoms with E-state index in [0.29, 0.717) is 17.3 Å². The minimum Gasteiger partial charge on any atom is -0.341 e. The van der Waals surface area contributed by atoms with Crippen LogP contribution in [-0.2, 0) is 0 Å². The first-order valence-corrected chi connectivity index (χ1v) is 6.89. The molecule has 3 N–H and O–H groups in total. The first-order chi connectivity index (χ1) is 9.20. The van der Waals surface area contributed by atoms with Crippen LogP contribution in [0.25, 0.3) is 0 Å². The summed E-state index contributed by atoms with van der Waals surface area (Å²) < 4.78 is 0. The summed E-state index contributed by atoms with van der Waals surface area (Å²) in [6, 6.07) is 3.40. The number of rotatable bonds is 4. The van der Waals surface area contributed by atoms with Gasteiger partial charge in [0.2, 0.25) is 0 Å². The number of hydrazine groups is 1. The van der Waals surface area contributed by atoms with E-state index in [1.807, 2.05) is 11.9 Å². The normalized spacial score (nSPS) is 16.1. The van der Waals surface area contributed by atoms with E-state index in [1.165, 1.54) is 32.1 Å². The van der Waals surface area contributed by atoms with Gasteiger partial charge in [-0.05, 0) is 30.9 Å². The number of pyridine rings is 1. The second-order valence-electron chi connectivity index (χ2n) is 5.26. The number of aromatic nitrogens is 1.